The Labute approximate surface area is 111 Å². The zero-order valence-electron chi connectivity index (χ0n) is 9.92. The van der Waals surface area contributed by atoms with Gasteiger partial charge >= 0.3 is 5.97 Å². The number of nitrogens with zero attached hydrogens (tertiary/aromatic N) is 3. The second-order valence-corrected chi connectivity index (χ2v) is 4.09. The normalized spacial score (nSPS) is 10.9. The van der Waals surface area contributed by atoms with Crippen LogP contribution in [0.25, 0.3) is 17.0 Å². The first-order valence-electron chi connectivity index (χ1n) is 5.60. The summed E-state index contributed by atoms with van der Waals surface area (Å²) in [5.74, 6) is -2.60. The molecule has 3 rings (SSSR count). The molecule has 0 unspecified atom stereocenters. The number of fused-ring (bicyclic) bond motifs is 1. The van der Waals surface area contributed by atoms with E-state index in [9.17, 15) is 13.6 Å². The van der Waals surface area contributed by atoms with E-state index in [4.69, 9.17) is 5.11 Å². The Morgan fingerprint density at radius 2 is 1.90 bits per heavy atom. The number of aromatic carboxylic acids is 1. The highest BCUT2D eigenvalue weighted by Gasteiger charge is 2.14. The van der Waals surface area contributed by atoms with E-state index in [1.54, 1.807) is 0 Å². The van der Waals surface area contributed by atoms with E-state index < -0.39 is 17.6 Å². The molecule has 0 saturated heterocycles. The molecule has 0 radical (unpaired) electrons. The van der Waals surface area contributed by atoms with Crippen molar-refractivity contribution in [1.82, 2.24) is 14.6 Å². The van der Waals surface area contributed by atoms with Crippen LogP contribution in [0.5, 0.6) is 0 Å². The van der Waals surface area contributed by atoms with Crippen molar-refractivity contribution in [2.24, 2.45) is 0 Å². The van der Waals surface area contributed by atoms with Gasteiger partial charge in [-0.25, -0.2) is 23.1 Å². The van der Waals surface area contributed by atoms with Crippen molar-refractivity contribution in [2.75, 3.05) is 0 Å². The van der Waals surface area contributed by atoms with Gasteiger partial charge in [-0.3, -0.25) is 0 Å². The Morgan fingerprint density at radius 3 is 2.55 bits per heavy atom. The standard InChI is InChI=1S/C13H7F2N3O2/c14-8-4-7(5-9(15)6-8)11-16-12-10(13(19)20)2-1-3-18(12)17-11/h1-6H,(H,19,20). The maximum atomic E-state index is 13.2. The van der Waals surface area contributed by atoms with E-state index in [1.807, 2.05) is 0 Å². The third-order valence-corrected chi connectivity index (χ3v) is 2.71. The van der Waals surface area contributed by atoms with Crippen LogP contribution in [0.4, 0.5) is 8.78 Å². The van der Waals surface area contributed by atoms with E-state index in [-0.39, 0.29) is 22.6 Å². The highest BCUT2D eigenvalue weighted by atomic mass is 19.1. The van der Waals surface area contributed by atoms with Gasteiger partial charge in [0.1, 0.15) is 17.2 Å². The van der Waals surface area contributed by atoms with Gasteiger partial charge in [-0.1, -0.05) is 0 Å². The largest absolute Gasteiger partial charge is 0.478 e. The van der Waals surface area contributed by atoms with Crippen LogP contribution in [-0.2, 0) is 0 Å². The van der Waals surface area contributed by atoms with E-state index in [1.165, 1.54) is 22.8 Å². The predicted octanol–water partition coefficient (Wildman–Crippen LogP) is 2.37. The zero-order chi connectivity index (χ0) is 14.3. The van der Waals surface area contributed by atoms with Crippen LogP contribution >= 0.6 is 0 Å². The Hall–Kier alpha value is -2.83. The number of halogens is 2. The topological polar surface area (TPSA) is 67.5 Å². The van der Waals surface area contributed by atoms with Crippen molar-refractivity contribution in [3.63, 3.8) is 0 Å². The molecule has 0 fully saturated rings. The number of carboxylic acids is 1. The van der Waals surface area contributed by atoms with Gasteiger partial charge in [0.2, 0.25) is 0 Å². The molecular formula is C13H7F2N3O2. The van der Waals surface area contributed by atoms with E-state index in [0.717, 1.165) is 18.2 Å². The number of benzene rings is 1. The van der Waals surface area contributed by atoms with Crippen molar-refractivity contribution >= 4 is 11.6 Å². The summed E-state index contributed by atoms with van der Waals surface area (Å²) >= 11 is 0. The Kier molecular flexibility index (Phi) is 2.67. The highest BCUT2D eigenvalue weighted by Crippen LogP contribution is 2.20. The average molecular weight is 275 g/mol. The maximum absolute atomic E-state index is 13.2. The van der Waals surface area contributed by atoms with E-state index in [0.29, 0.717) is 0 Å². The second-order valence-electron chi connectivity index (χ2n) is 4.09. The van der Waals surface area contributed by atoms with Crippen LogP contribution in [0.15, 0.2) is 36.5 Å². The molecular weight excluding hydrogens is 268 g/mol. The van der Waals surface area contributed by atoms with E-state index in [2.05, 4.69) is 10.1 Å². The van der Waals surface area contributed by atoms with Crippen molar-refractivity contribution in [2.45, 2.75) is 0 Å². The minimum atomic E-state index is -1.15. The highest BCUT2D eigenvalue weighted by molar-refractivity contribution is 5.94. The molecule has 0 spiro atoms. The summed E-state index contributed by atoms with van der Waals surface area (Å²) in [5, 5.41) is 13.1. The minimum Gasteiger partial charge on any atom is -0.478 e. The molecule has 20 heavy (non-hydrogen) atoms. The van der Waals surface area contributed by atoms with Crippen LogP contribution < -0.4 is 0 Å². The van der Waals surface area contributed by atoms with Crippen molar-refractivity contribution in [3.05, 3.63) is 53.7 Å². The van der Waals surface area contributed by atoms with Crippen molar-refractivity contribution in [1.29, 1.82) is 0 Å². The predicted molar refractivity (Wildman–Crippen MR) is 65.3 cm³/mol. The van der Waals surface area contributed by atoms with Crippen LogP contribution in [-0.4, -0.2) is 25.7 Å². The average Bonchev–Trinajstić information content (AvgIpc) is 2.80. The molecule has 100 valence electrons. The molecule has 0 amide bonds. The fourth-order valence-electron chi connectivity index (χ4n) is 1.88. The van der Waals surface area contributed by atoms with Gasteiger partial charge in [0, 0.05) is 17.8 Å². The molecule has 0 aliphatic heterocycles. The van der Waals surface area contributed by atoms with Crippen LogP contribution in [0, 0.1) is 11.6 Å². The smallest absolute Gasteiger partial charge is 0.339 e. The van der Waals surface area contributed by atoms with Crippen molar-refractivity contribution in [3.8, 4) is 11.4 Å². The SMILES string of the molecule is O=C(O)c1cccn2nc(-c3cc(F)cc(F)c3)nc12. The monoisotopic (exact) mass is 275 g/mol. The zero-order valence-corrected chi connectivity index (χ0v) is 9.92. The fourth-order valence-corrected chi connectivity index (χ4v) is 1.88. The number of aromatic nitrogens is 3. The van der Waals surface area contributed by atoms with Crippen LogP contribution in [0.3, 0.4) is 0 Å². The molecule has 1 aromatic carbocycles. The van der Waals surface area contributed by atoms with Crippen molar-refractivity contribution < 1.29 is 18.7 Å². The summed E-state index contributed by atoms with van der Waals surface area (Å²) in [4.78, 5) is 15.1. The first kappa shape index (κ1) is 12.2. The summed E-state index contributed by atoms with van der Waals surface area (Å²) in [6, 6.07) is 5.78. The lowest BCUT2D eigenvalue weighted by Gasteiger charge is -1.95. The number of pyridine rings is 1. The summed E-state index contributed by atoms with van der Waals surface area (Å²) in [5.41, 5.74) is 0.213. The lowest BCUT2D eigenvalue weighted by molar-refractivity contribution is 0.0698. The minimum absolute atomic E-state index is 0.0388. The molecule has 0 atom stereocenters. The third-order valence-electron chi connectivity index (χ3n) is 2.71. The Bertz CT molecular complexity index is 809. The lowest BCUT2D eigenvalue weighted by Crippen LogP contribution is -2.00. The van der Waals surface area contributed by atoms with Gasteiger partial charge in [0.15, 0.2) is 11.5 Å². The quantitative estimate of drug-likeness (QED) is 0.779. The van der Waals surface area contributed by atoms with Gasteiger partial charge in [-0.15, -0.1) is 5.10 Å². The molecule has 0 aliphatic rings. The van der Waals surface area contributed by atoms with Gasteiger partial charge in [0.05, 0.1) is 0 Å². The molecule has 0 aliphatic carbocycles. The number of hydrogen-bond acceptors (Lipinski definition) is 3. The number of carbonyl (C=O) groups is 1. The number of carboxylic acid groups (broad SMARTS) is 1. The van der Waals surface area contributed by atoms with Gasteiger partial charge < -0.3 is 5.11 Å². The summed E-state index contributed by atoms with van der Waals surface area (Å²) in [7, 11) is 0. The summed E-state index contributed by atoms with van der Waals surface area (Å²) < 4.78 is 27.6. The second kappa shape index (κ2) is 4.37. The number of rotatable bonds is 2. The molecule has 5 nitrogen and oxygen atoms in total. The molecule has 0 bridgehead atoms. The maximum Gasteiger partial charge on any atom is 0.339 e. The summed E-state index contributed by atoms with van der Waals surface area (Å²) in [6.07, 6.45) is 1.51. The van der Waals surface area contributed by atoms with Gasteiger partial charge in [0.25, 0.3) is 0 Å². The van der Waals surface area contributed by atoms with Gasteiger partial charge in [-0.2, -0.15) is 0 Å². The van der Waals surface area contributed by atoms with Gasteiger partial charge in [-0.05, 0) is 24.3 Å². The molecule has 1 N–H and O–H groups in total. The molecule has 7 heteroatoms. The Morgan fingerprint density at radius 1 is 1.20 bits per heavy atom. The van der Waals surface area contributed by atoms with Crippen LogP contribution in [0.1, 0.15) is 10.4 Å². The summed E-state index contributed by atoms with van der Waals surface area (Å²) in [6.45, 7) is 0. The first-order valence-corrected chi connectivity index (χ1v) is 5.60. The molecule has 3 aromatic rings. The lowest BCUT2D eigenvalue weighted by atomic mass is 10.2. The molecule has 2 aromatic heterocycles. The van der Waals surface area contributed by atoms with E-state index >= 15 is 0 Å². The number of hydrogen-bond donors (Lipinski definition) is 1. The first-order chi connectivity index (χ1) is 9.54. The molecule has 0 saturated carbocycles. The fraction of sp³-hybridized carbons (Fsp3) is 0. The van der Waals surface area contributed by atoms with Crippen LogP contribution in [0.2, 0.25) is 0 Å². The third kappa shape index (κ3) is 1.99. The molecule has 2 heterocycles. The Balaban J connectivity index is 2.23.